The molecule has 1 heterocycles. The van der Waals surface area contributed by atoms with Crippen LogP contribution in [0.25, 0.3) is 0 Å². The van der Waals surface area contributed by atoms with E-state index in [0.717, 1.165) is 25.9 Å². The van der Waals surface area contributed by atoms with Gasteiger partial charge in [-0.3, -0.25) is 14.9 Å². The largest absolute Gasteiger partial charge is 0.481 e. The zero-order valence-electron chi connectivity index (χ0n) is 11.0. The van der Waals surface area contributed by atoms with Crippen LogP contribution in [0.3, 0.4) is 0 Å². The third-order valence-corrected chi connectivity index (χ3v) is 3.47. The van der Waals surface area contributed by atoms with E-state index in [1.165, 1.54) is 6.07 Å². The van der Waals surface area contributed by atoms with Gasteiger partial charge in [0.05, 0.1) is 11.3 Å². The number of nitro benzene ring substituents is 1. The Bertz CT molecular complexity index is 526. The van der Waals surface area contributed by atoms with E-state index < -0.39 is 16.9 Å². The molecule has 1 aromatic carbocycles. The maximum atomic E-state index is 11.2. The van der Waals surface area contributed by atoms with Crippen LogP contribution in [0.1, 0.15) is 30.9 Å². The molecule has 2 rings (SSSR count). The van der Waals surface area contributed by atoms with E-state index in [1.807, 2.05) is 4.90 Å². The predicted octanol–water partition coefficient (Wildman–Crippen LogP) is 1.67. The molecule has 20 heavy (non-hydrogen) atoms. The number of benzene rings is 1. The Balaban J connectivity index is 2.31. The van der Waals surface area contributed by atoms with Crippen molar-refractivity contribution in [3.63, 3.8) is 0 Å². The van der Waals surface area contributed by atoms with E-state index in [9.17, 15) is 14.9 Å². The monoisotopic (exact) mass is 279 g/mol. The fraction of sp³-hybridized carbons (Fsp3) is 0.462. The van der Waals surface area contributed by atoms with Crippen LogP contribution in [-0.4, -0.2) is 29.1 Å². The smallest absolute Gasteiger partial charge is 0.305 e. The summed E-state index contributed by atoms with van der Waals surface area (Å²) < 4.78 is 0. The van der Waals surface area contributed by atoms with Crippen molar-refractivity contribution in [1.29, 1.82) is 0 Å². The third-order valence-electron chi connectivity index (χ3n) is 3.47. The molecule has 7 nitrogen and oxygen atoms in total. The number of rotatable bonds is 5. The van der Waals surface area contributed by atoms with E-state index in [0.29, 0.717) is 11.3 Å². The van der Waals surface area contributed by atoms with Gasteiger partial charge in [-0.15, -0.1) is 0 Å². The second-order valence-corrected chi connectivity index (χ2v) is 4.90. The molecule has 108 valence electrons. The lowest BCUT2D eigenvalue weighted by molar-refractivity contribution is -0.384. The van der Waals surface area contributed by atoms with Gasteiger partial charge in [0.25, 0.3) is 5.69 Å². The van der Waals surface area contributed by atoms with Gasteiger partial charge in [-0.2, -0.15) is 0 Å². The summed E-state index contributed by atoms with van der Waals surface area (Å²) in [5.41, 5.74) is 6.80. The molecule has 1 aliphatic heterocycles. The maximum Gasteiger partial charge on any atom is 0.305 e. The molecule has 3 N–H and O–H groups in total. The van der Waals surface area contributed by atoms with Crippen molar-refractivity contribution >= 4 is 17.3 Å². The summed E-state index contributed by atoms with van der Waals surface area (Å²) in [5.74, 6) is -1.02. The Morgan fingerprint density at radius 3 is 2.65 bits per heavy atom. The molecule has 1 aromatic rings. The standard InChI is InChI=1S/C13H17N3O4/c14-10(8-13(17)18)9-3-4-11(12(7-9)16(19)20)15-5-1-2-6-15/h3-4,7,10H,1-2,5-6,8,14H2,(H,17,18). The number of carboxylic acid groups (broad SMARTS) is 1. The number of nitrogens with zero attached hydrogens (tertiary/aromatic N) is 2. The first-order valence-corrected chi connectivity index (χ1v) is 6.49. The average molecular weight is 279 g/mol. The van der Waals surface area contributed by atoms with Gasteiger partial charge < -0.3 is 15.7 Å². The quantitative estimate of drug-likeness (QED) is 0.626. The highest BCUT2D eigenvalue weighted by atomic mass is 16.6. The van der Waals surface area contributed by atoms with Crippen LogP contribution in [0.15, 0.2) is 18.2 Å². The SMILES string of the molecule is NC(CC(=O)O)c1ccc(N2CCCC2)c([N+](=O)[O-])c1. The highest BCUT2D eigenvalue weighted by Gasteiger charge is 2.24. The number of anilines is 1. The first-order valence-electron chi connectivity index (χ1n) is 6.49. The average Bonchev–Trinajstić information content (AvgIpc) is 2.90. The lowest BCUT2D eigenvalue weighted by Crippen LogP contribution is -2.20. The summed E-state index contributed by atoms with van der Waals surface area (Å²) in [5, 5.41) is 19.9. The molecule has 0 bridgehead atoms. The van der Waals surface area contributed by atoms with Crippen molar-refractivity contribution in [3.8, 4) is 0 Å². The number of hydrogen-bond acceptors (Lipinski definition) is 5. The van der Waals surface area contributed by atoms with Crippen molar-refractivity contribution in [2.24, 2.45) is 5.73 Å². The molecule has 0 aliphatic carbocycles. The molecule has 1 saturated heterocycles. The van der Waals surface area contributed by atoms with Crippen molar-refractivity contribution in [3.05, 3.63) is 33.9 Å². The normalized spacial score (nSPS) is 16.1. The lowest BCUT2D eigenvalue weighted by atomic mass is 10.0. The van der Waals surface area contributed by atoms with E-state index in [1.54, 1.807) is 12.1 Å². The molecule has 0 amide bonds. The summed E-state index contributed by atoms with van der Waals surface area (Å²) in [6, 6.07) is 3.99. The molecule has 0 radical (unpaired) electrons. The second-order valence-electron chi connectivity index (χ2n) is 4.90. The molecule has 1 unspecified atom stereocenters. The molecule has 1 atom stereocenters. The molecule has 0 aromatic heterocycles. The van der Waals surface area contributed by atoms with E-state index in [2.05, 4.69) is 0 Å². The lowest BCUT2D eigenvalue weighted by Gasteiger charge is -2.19. The molecule has 1 fully saturated rings. The van der Waals surface area contributed by atoms with E-state index >= 15 is 0 Å². The topological polar surface area (TPSA) is 110 Å². The minimum Gasteiger partial charge on any atom is -0.481 e. The summed E-state index contributed by atoms with van der Waals surface area (Å²) in [6.45, 7) is 1.61. The number of carboxylic acids is 1. The molecule has 0 spiro atoms. The number of aliphatic carboxylic acids is 1. The van der Waals surface area contributed by atoms with Crippen LogP contribution in [0.2, 0.25) is 0 Å². The van der Waals surface area contributed by atoms with Crippen LogP contribution in [0.4, 0.5) is 11.4 Å². The van der Waals surface area contributed by atoms with Gasteiger partial charge in [0.2, 0.25) is 0 Å². The van der Waals surface area contributed by atoms with Crippen molar-refractivity contribution in [1.82, 2.24) is 0 Å². The summed E-state index contributed by atoms with van der Waals surface area (Å²) in [6.07, 6.45) is 1.80. The molecular weight excluding hydrogens is 262 g/mol. The van der Waals surface area contributed by atoms with Crippen LogP contribution in [0, 0.1) is 10.1 Å². The van der Waals surface area contributed by atoms with Gasteiger partial charge >= 0.3 is 5.97 Å². The van der Waals surface area contributed by atoms with Crippen LogP contribution >= 0.6 is 0 Å². The van der Waals surface area contributed by atoms with Crippen molar-refractivity contribution < 1.29 is 14.8 Å². The van der Waals surface area contributed by atoms with Crippen LogP contribution < -0.4 is 10.6 Å². The number of hydrogen-bond donors (Lipinski definition) is 2. The van der Waals surface area contributed by atoms with E-state index in [4.69, 9.17) is 10.8 Å². The first kappa shape index (κ1) is 14.3. The molecular formula is C13H17N3O4. The van der Waals surface area contributed by atoms with Crippen LogP contribution in [-0.2, 0) is 4.79 Å². The van der Waals surface area contributed by atoms with Gasteiger partial charge in [-0.1, -0.05) is 6.07 Å². The predicted molar refractivity (Wildman–Crippen MR) is 73.7 cm³/mol. The Kier molecular flexibility index (Phi) is 4.19. The number of nitro groups is 1. The van der Waals surface area contributed by atoms with Crippen LogP contribution in [0.5, 0.6) is 0 Å². The zero-order chi connectivity index (χ0) is 14.7. The summed E-state index contributed by atoms with van der Waals surface area (Å²) >= 11 is 0. The Morgan fingerprint density at radius 2 is 2.10 bits per heavy atom. The fourth-order valence-electron chi connectivity index (χ4n) is 2.45. The second kappa shape index (κ2) is 5.87. The van der Waals surface area contributed by atoms with Gasteiger partial charge in [0.15, 0.2) is 0 Å². The summed E-state index contributed by atoms with van der Waals surface area (Å²) in [4.78, 5) is 23.4. The maximum absolute atomic E-state index is 11.2. The van der Waals surface area contributed by atoms with Gasteiger partial charge in [0, 0.05) is 25.2 Å². The number of carbonyl (C=O) groups is 1. The van der Waals surface area contributed by atoms with E-state index in [-0.39, 0.29) is 12.1 Å². The Hall–Kier alpha value is -2.15. The molecule has 1 aliphatic rings. The highest BCUT2D eigenvalue weighted by Crippen LogP contribution is 2.33. The number of nitrogens with two attached hydrogens (primary N) is 1. The van der Waals surface area contributed by atoms with Gasteiger partial charge in [-0.25, -0.2) is 0 Å². The van der Waals surface area contributed by atoms with Gasteiger partial charge in [0.1, 0.15) is 5.69 Å². The first-order chi connectivity index (χ1) is 9.49. The minimum atomic E-state index is -1.02. The van der Waals surface area contributed by atoms with Crippen molar-refractivity contribution in [2.75, 3.05) is 18.0 Å². The fourth-order valence-corrected chi connectivity index (χ4v) is 2.45. The zero-order valence-corrected chi connectivity index (χ0v) is 11.0. The Labute approximate surface area is 116 Å². The summed E-state index contributed by atoms with van der Waals surface area (Å²) in [7, 11) is 0. The highest BCUT2D eigenvalue weighted by molar-refractivity contribution is 5.69. The molecule has 0 saturated carbocycles. The van der Waals surface area contributed by atoms with Crippen molar-refractivity contribution in [2.45, 2.75) is 25.3 Å². The minimum absolute atomic E-state index is 0.00904. The van der Waals surface area contributed by atoms with Gasteiger partial charge in [-0.05, 0) is 24.5 Å². The Morgan fingerprint density at radius 1 is 1.45 bits per heavy atom. The molecule has 7 heteroatoms. The third kappa shape index (κ3) is 3.05.